The fourth-order valence-electron chi connectivity index (χ4n) is 2.56. The molecule has 0 radical (unpaired) electrons. The molecule has 2 saturated carbocycles. The molecule has 0 bridgehead atoms. The van der Waals surface area contributed by atoms with Crippen LogP contribution < -0.4 is 5.32 Å². The van der Waals surface area contributed by atoms with E-state index >= 15 is 0 Å². The van der Waals surface area contributed by atoms with Crippen LogP contribution in [0.4, 0.5) is 0 Å². The van der Waals surface area contributed by atoms with Crippen molar-refractivity contribution < 1.29 is 0 Å². The predicted molar refractivity (Wildman–Crippen MR) is 79.3 cm³/mol. The molecule has 2 aliphatic carbocycles. The van der Waals surface area contributed by atoms with Gasteiger partial charge in [-0.1, -0.05) is 19.1 Å². The number of hydrogen-bond donors (Lipinski definition) is 1. The Morgan fingerprint density at radius 2 is 2.15 bits per heavy atom. The molecule has 2 fully saturated rings. The van der Waals surface area contributed by atoms with Gasteiger partial charge in [0.25, 0.3) is 0 Å². The summed E-state index contributed by atoms with van der Waals surface area (Å²) in [5.74, 6) is 0.983. The van der Waals surface area contributed by atoms with Crippen molar-refractivity contribution in [3.05, 3.63) is 11.9 Å². The van der Waals surface area contributed by atoms with Gasteiger partial charge in [0.15, 0.2) is 0 Å². The number of aromatic nitrogens is 3. The molecule has 1 N–H and O–H groups in total. The molecule has 0 spiro atoms. The van der Waals surface area contributed by atoms with Gasteiger partial charge in [0, 0.05) is 37.9 Å². The van der Waals surface area contributed by atoms with Gasteiger partial charge >= 0.3 is 0 Å². The van der Waals surface area contributed by atoms with Crippen molar-refractivity contribution in [3.8, 4) is 0 Å². The molecular weight excluding hydrogens is 250 g/mol. The SMILES string of the molecule is CC(C)NCc1cn(CCN(CC2CC2)C2CC2)nn1. The summed E-state index contributed by atoms with van der Waals surface area (Å²) < 4.78 is 2.00. The highest BCUT2D eigenvalue weighted by Crippen LogP contribution is 2.34. The van der Waals surface area contributed by atoms with Gasteiger partial charge in [-0.15, -0.1) is 5.10 Å². The lowest BCUT2D eigenvalue weighted by atomic mass is 10.3. The minimum absolute atomic E-state index is 0.490. The van der Waals surface area contributed by atoms with E-state index in [0.717, 1.165) is 37.3 Å². The van der Waals surface area contributed by atoms with Gasteiger partial charge in [-0.05, 0) is 31.6 Å². The summed E-state index contributed by atoms with van der Waals surface area (Å²) in [6, 6.07) is 1.35. The molecule has 112 valence electrons. The molecule has 5 nitrogen and oxygen atoms in total. The van der Waals surface area contributed by atoms with Gasteiger partial charge in [0.2, 0.25) is 0 Å². The minimum atomic E-state index is 0.490. The van der Waals surface area contributed by atoms with Gasteiger partial charge in [0.1, 0.15) is 0 Å². The summed E-state index contributed by atoms with van der Waals surface area (Å²) >= 11 is 0. The standard InChI is InChI=1S/C15H27N5/c1-12(2)16-9-14-11-20(18-17-14)8-7-19(15-5-6-15)10-13-3-4-13/h11-13,15-16H,3-10H2,1-2H3. The summed E-state index contributed by atoms with van der Waals surface area (Å²) in [6.45, 7) is 8.51. The maximum Gasteiger partial charge on any atom is 0.0964 e. The van der Waals surface area contributed by atoms with E-state index < -0.39 is 0 Å². The highest BCUT2D eigenvalue weighted by Gasteiger charge is 2.33. The fraction of sp³-hybridized carbons (Fsp3) is 0.867. The van der Waals surface area contributed by atoms with Crippen molar-refractivity contribution in [2.45, 2.75) is 64.7 Å². The highest BCUT2D eigenvalue weighted by molar-refractivity contribution is 4.92. The molecule has 0 saturated heterocycles. The zero-order valence-corrected chi connectivity index (χ0v) is 12.8. The van der Waals surface area contributed by atoms with Crippen molar-refractivity contribution in [3.63, 3.8) is 0 Å². The maximum absolute atomic E-state index is 4.24. The molecule has 1 aromatic rings. The van der Waals surface area contributed by atoms with Crippen LogP contribution in [0.1, 0.15) is 45.2 Å². The lowest BCUT2D eigenvalue weighted by molar-refractivity contribution is 0.238. The Bertz CT molecular complexity index is 420. The second kappa shape index (κ2) is 6.22. The quantitative estimate of drug-likeness (QED) is 0.745. The molecule has 20 heavy (non-hydrogen) atoms. The first kappa shape index (κ1) is 14.0. The molecule has 1 aromatic heterocycles. The zero-order valence-electron chi connectivity index (χ0n) is 12.8. The van der Waals surface area contributed by atoms with Crippen molar-refractivity contribution in [1.82, 2.24) is 25.2 Å². The second-order valence-corrected chi connectivity index (χ2v) is 6.68. The van der Waals surface area contributed by atoms with Gasteiger partial charge in [-0.3, -0.25) is 9.58 Å². The van der Waals surface area contributed by atoms with Crippen molar-refractivity contribution in [2.24, 2.45) is 5.92 Å². The van der Waals surface area contributed by atoms with E-state index in [1.54, 1.807) is 0 Å². The summed E-state index contributed by atoms with van der Waals surface area (Å²) in [5.41, 5.74) is 1.04. The molecule has 0 atom stereocenters. The van der Waals surface area contributed by atoms with E-state index in [1.807, 2.05) is 4.68 Å². The van der Waals surface area contributed by atoms with E-state index in [2.05, 4.69) is 40.6 Å². The summed E-state index contributed by atoms with van der Waals surface area (Å²) in [7, 11) is 0. The normalized spacial score (nSPS) is 19.2. The van der Waals surface area contributed by atoms with Crippen LogP contribution in [-0.2, 0) is 13.1 Å². The molecular formula is C15H27N5. The average molecular weight is 277 g/mol. The monoisotopic (exact) mass is 277 g/mol. The van der Waals surface area contributed by atoms with Gasteiger partial charge < -0.3 is 5.32 Å². The molecule has 5 heteroatoms. The van der Waals surface area contributed by atoms with Crippen LogP contribution in [0.3, 0.4) is 0 Å². The third-order valence-electron chi connectivity index (χ3n) is 4.15. The molecule has 0 aliphatic heterocycles. The van der Waals surface area contributed by atoms with Crippen LogP contribution in [-0.4, -0.2) is 45.1 Å². The van der Waals surface area contributed by atoms with Gasteiger partial charge in [0.05, 0.1) is 12.2 Å². The van der Waals surface area contributed by atoms with E-state index in [9.17, 15) is 0 Å². The minimum Gasteiger partial charge on any atom is -0.309 e. The van der Waals surface area contributed by atoms with Crippen LogP contribution in [0.25, 0.3) is 0 Å². The van der Waals surface area contributed by atoms with Crippen molar-refractivity contribution in [1.29, 1.82) is 0 Å². The van der Waals surface area contributed by atoms with Crippen molar-refractivity contribution >= 4 is 0 Å². The van der Waals surface area contributed by atoms with Crippen LogP contribution in [0, 0.1) is 5.92 Å². The molecule has 0 amide bonds. The Kier molecular flexibility index (Phi) is 4.36. The third-order valence-corrected chi connectivity index (χ3v) is 4.15. The van der Waals surface area contributed by atoms with Crippen LogP contribution >= 0.6 is 0 Å². The number of hydrogen-bond acceptors (Lipinski definition) is 4. The first-order valence-corrected chi connectivity index (χ1v) is 8.07. The largest absolute Gasteiger partial charge is 0.309 e. The number of nitrogens with one attached hydrogen (secondary N) is 1. The Labute approximate surface area is 121 Å². The molecule has 0 aromatic carbocycles. The Balaban J connectivity index is 1.44. The lowest BCUT2D eigenvalue weighted by Gasteiger charge is -2.21. The summed E-state index contributed by atoms with van der Waals surface area (Å²) in [4.78, 5) is 2.67. The zero-order chi connectivity index (χ0) is 13.9. The Morgan fingerprint density at radius 3 is 2.80 bits per heavy atom. The fourth-order valence-corrected chi connectivity index (χ4v) is 2.56. The van der Waals surface area contributed by atoms with E-state index in [0.29, 0.717) is 6.04 Å². The summed E-state index contributed by atoms with van der Waals surface area (Å²) in [5, 5.41) is 11.8. The Morgan fingerprint density at radius 1 is 1.35 bits per heavy atom. The van der Waals surface area contributed by atoms with Crippen LogP contribution in [0.2, 0.25) is 0 Å². The first-order valence-electron chi connectivity index (χ1n) is 8.07. The van der Waals surface area contributed by atoms with E-state index in [4.69, 9.17) is 0 Å². The number of nitrogens with zero attached hydrogens (tertiary/aromatic N) is 4. The predicted octanol–water partition coefficient (Wildman–Crippen LogP) is 1.65. The van der Waals surface area contributed by atoms with E-state index in [-0.39, 0.29) is 0 Å². The van der Waals surface area contributed by atoms with Gasteiger partial charge in [-0.25, -0.2) is 0 Å². The smallest absolute Gasteiger partial charge is 0.0964 e. The first-order chi connectivity index (χ1) is 9.70. The topological polar surface area (TPSA) is 46.0 Å². The van der Waals surface area contributed by atoms with Gasteiger partial charge in [-0.2, -0.15) is 0 Å². The molecule has 3 rings (SSSR count). The Hall–Kier alpha value is -0.940. The second-order valence-electron chi connectivity index (χ2n) is 6.68. The lowest BCUT2D eigenvalue weighted by Crippen LogP contribution is -2.31. The highest BCUT2D eigenvalue weighted by atomic mass is 15.4. The third kappa shape index (κ3) is 4.28. The van der Waals surface area contributed by atoms with Crippen LogP contribution in [0.5, 0.6) is 0 Å². The van der Waals surface area contributed by atoms with E-state index in [1.165, 1.54) is 32.2 Å². The molecule has 2 aliphatic rings. The molecule has 0 unspecified atom stereocenters. The molecule has 1 heterocycles. The van der Waals surface area contributed by atoms with Crippen molar-refractivity contribution in [2.75, 3.05) is 13.1 Å². The van der Waals surface area contributed by atoms with Crippen LogP contribution in [0.15, 0.2) is 6.20 Å². The summed E-state index contributed by atoms with van der Waals surface area (Å²) in [6.07, 6.45) is 7.76. The maximum atomic E-state index is 4.24. The number of rotatable bonds is 9. The average Bonchev–Trinajstić information content (AvgIpc) is 3.32.